The third-order valence-corrected chi connectivity index (χ3v) is 5.15. The highest BCUT2D eigenvalue weighted by Crippen LogP contribution is 2.16. The Bertz CT molecular complexity index is 750. The normalized spacial score (nSPS) is 14.2. The lowest BCUT2D eigenvalue weighted by Crippen LogP contribution is -2.24. The van der Waals surface area contributed by atoms with Gasteiger partial charge in [-0.3, -0.25) is 4.79 Å². The lowest BCUT2D eigenvalue weighted by Gasteiger charge is -2.04. The monoisotopic (exact) mass is 342 g/mol. The van der Waals surface area contributed by atoms with E-state index < -0.39 is 0 Å². The van der Waals surface area contributed by atoms with E-state index in [0.29, 0.717) is 6.54 Å². The summed E-state index contributed by atoms with van der Waals surface area (Å²) in [7, 11) is 0. The van der Waals surface area contributed by atoms with Gasteiger partial charge in [0, 0.05) is 23.3 Å². The van der Waals surface area contributed by atoms with Crippen molar-refractivity contribution in [2.75, 3.05) is 19.3 Å². The van der Waals surface area contributed by atoms with Crippen LogP contribution in [0.15, 0.2) is 53.4 Å². The minimum Gasteiger partial charge on any atom is -0.287 e. The fraction of sp³-hybridized carbons (Fsp3) is 0.300. The van der Waals surface area contributed by atoms with E-state index in [1.54, 1.807) is 11.8 Å². The molecule has 24 heavy (non-hydrogen) atoms. The molecule has 0 saturated heterocycles. The van der Waals surface area contributed by atoms with Crippen LogP contribution in [-0.4, -0.2) is 35.4 Å². The summed E-state index contributed by atoms with van der Waals surface area (Å²) in [4.78, 5) is 13.7. The van der Waals surface area contributed by atoms with Crippen molar-refractivity contribution in [3.05, 3.63) is 65.5 Å². The second kappa shape index (κ2) is 7.75. The number of halogens is 1. The molecule has 0 saturated carbocycles. The van der Waals surface area contributed by atoms with Crippen molar-refractivity contribution in [2.45, 2.75) is 24.2 Å². The molecule has 0 aliphatic carbocycles. The first-order valence-corrected chi connectivity index (χ1v) is 9.39. The van der Waals surface area contributed by atoms with Crippen molar-refractivity contribution in [2.24, 2.45) is 0 Å². The van der Waals surface area contributed by atoms with Crippen LogP contribution in [0.25, 0.3) is 0 Å². The maximum Gasteiger partial charge on any atom is 0.227 e. The van der Waals surface area contributed by atoms with E-state index in [9.17, 15) is 9.18 Å². The average molecular weight is 342 g/mol. The quantitative estimate of drug-likeness (QED) is 0.445. The average Bonchev–Trinajstić information content (AvgIpc) is 3.03. The second-order valence-corrected chi connectivity index (χ2v) is 6.93. The summed E-state index contributed by atoms with van der Waals surface area (Å²) >= 11 is 1.67. The molecule has 2 aromatic rings. The maximum atomic E-state index is 13.0. The third-order valence-electron chi connectivity index (χ3n) is 4.41. The molecule has 4 heteroatoms. The first kappa shape index (κ1) is 16.9. The van der Waals surface area contributed by atoms with Gasteiger partial charge in [-0.15, -0.1) is 11.8 Å². The Labute approximate surface area is 146 Å². The molecule has 3 rings (SSSR count). The lowest BCUT2D eigenvalue weighted by atomic mass is 10.1. The van der Waals surface area contributed by atoms with Gasteiger partial charge in [-0.05, 0) is 36.1 Å². The van der Waals surface area contributed by atoms with Gasteiger partial charge in [0.15, 0.2) is 5.71 Å². The number of nitrogens with zero attached hydrogens (tertiary/aromatic N) is 1. The number of thioether (sulfide) groups is 1. The Morgan fingerprint density at radius 2 is 1.83 bits per heavy atom. The summed E-state index contributed by atoms with van der Waals surface area (Å²) in [6, 6.07) is 14.4. The number of hydrogen-bond acceptors (Lipinski definition) is 2. The molecule has 0 spiro atoms. The van der Waals surface area contributed by atoms with E-state index in [2.05, 4.69) is 4.58 Å². The van der Waals surface area contributed by atoms with Crippen LogP contribution in [0, 0.1) is 5.82 Å². The molecule has 0 aromatic heterocycles. The van der Waals surface area contributed by atoms with Gasteiger partial charge in [0.05, 0.1) is 6.42 Å². The molecule has 0 amide bonds. The van der Waals surface area contributed by atoms with E-state index in [1.165, 1.54) is 17.8 Å². The first-order valence-electron chi connectivity index (χ1n) is 8.17. The van der Waals surface area contributed by atoms with Crippen LogP contribution in [0.5, 0.6) is 0 Å². The van der Waals surface area contributed by atoms with Crippen molar-refractivity contribution in [1.29, 1.82) is 0 Å². The van der Waals surface area contributed by atoms with Crippen molar-refractivity contribution in [3.63, 3.8) is 0 Å². The van der Waals surface area contributed by atoms with Crippen LogP contribution in [0.2, 0.25) is 0 Å². The van der Waals surface area contributed by atoms with Crippen LogP contribution < -0.4 is 0 Å². The number of carbonyl (C=O) groups is 1. The van der Waals surface area contributed by atoms with Gasteiger partial charge in [0.25, 0.3) is 0 Å². The fourth-order valence-corrected chi connectivity index (χ4v) is 3.47. The molecule has 2 aromatic carbocycles. The zero-order valence-electron chi connectivity index (χ0n) is 13.8. The second-order valence-electron chi connectivity index (χ2n) is 6.05. The van der Waals surface area contributed by atoms with Crippen molar-refractivity contribution in [1.82, 2.24) is 0 Å². The van der Waals surface area contributed by atoms with Gasteiger partial charge in [-0.25, -0.2) is 8.97 Å². The van der Waals surface area contributed by atoms with E-state index >= 15 is 0 Å². The number of carbonyl (C=O) groups excluding carboxylic acids is 1. The molecule has 124 valence electrons. The molecule has 0 atom stereocenters. The Morgan fingerprint density at radius 1 is 1.12 bits per heavy atom. The van der Waals surface area contributed by atoms with E-state index in [4.69, 9.17) is 0 Å². The summed E-state index contributed by atoms with van der Waals surface area (Å²) in [6.45, 7) is 1.35. The predicted octanol–water partition coefficient (Wildman–Crippen LogP) is 4.22. The largest absolute Gasteiger partial charge is 0.287 e. The highest BCUT2D eigenvalue weighted by molar-refractivity contribution is 7.98. The van der Waals surface area contributed by atoms with Crippen molar-refractivity contribution >= 4 is 23.3 Å². The molecular weight excluding hydrogens is 321 g/mol. The third kappa shape index (κ3) is 4.12. The van der Waals surface area contributed by atoms with E-state index in [1.807, 2.05) is 42.7 Å². The molecular formula is C20H21FNOS+. The van der Waals surface area contributed by atoms with Gasteiger partial charge < -0.3 is 0 Å². The zero-order chi connectivity index (χ0) is 16.9. The summed E-state index contributed by atoms with van der Waals surface area (Å²) < 4.78 is 15.2. The zero-order valence-corrected chi connectivity index (χ0v) is 14.6. The summed E-state index contributed by atoms with van der Waals surface area (Å²) in [5.41, 5.74) is 3.13. The molecule has 0 radical (unpaired) electrons. The number of hydrogen-bond donors (Lipinski definition) is 0. The number of ketones is 1. The van der Waals surface area contributed by atoms with Gasteiger partial charge in [-0.1, -0.05) is 24.3 Å². The molecule has 0 N–H and O–H groups in total. The molecule has 1 heterocycles. The predicted molar refractivity (Wildman–Crippen MR) is 96.9 cm³/mol. The van der Waals surface area contributed by atoms with Gasteiger partial charge >= 0.3 is 0 Å². The maximum absolute atomic E-state index is 13.0. The van der Waals surface area contributed by atoms with Gasteiger partial charge in [-0.2, -0.15) is 0 Å². The molecule has 0 bridgehead atoms. The Hall–Kier alpha value is -1.94. The smallest absolute Gasteiger partial charge is 0.227 e. The summed E-state index contributed by atoms with van der Waals surface area (Å²) in [6.07, 6.45) is 4.90. The number of Topliss-reactive ketones (excluding diaryl/α,β-unsaturated/α-hetero) is 1. The Morgan fingerprint density at radius 3 is 2.50 bits per heavy atom. The summed E-state index contributed by atoms with van der Waals surface area (Å²) in [5, 5.41) is 0. The highest BCUT2D eigenvalue weighted by Gasteiger charge is 2.25. The molecule has 2 nitrogen and oxygen atoms in total. The van der Waals surface area contributed by atoms with Gasteiger partial charge in [0.2, 0.25) is 12.3 Å². The van der Waals surface area contributed by atoms with Crippen LogP contribution in [0.1, 0.15) is 28.8 Å². The summed E-state index contributed by atoms with van der Waals surface area (Å²) in [5.74, 6) is -0.0583. The van der Waals surface area contributed by atoms with Crippen LogP contribution in [0.4, 0.5) is 4.39 Å². The Kier molecular flexibility index (Phi) is 5.46. The van der Waals surface area contributed by atoms with Crippen LogP contribution >= 0.6 is 11.8 Å². The molecule has 0 fully saturated rings. The van der Waals surface area contributed by atoms with Crippen molar-refractivity contribution in [3.8, 4) is 0 Å². The van der Waals surface area contributed by atoms with Crippen molar-refractivity contribution < 1.29 is 13.8 Å². The SMILES string of the molecule is CSc1ccc(C(=O)C[N+]2=C(Cc3ccc(F)cc3)CCC2)cc1. The lowest BCUT2D eigenvalue weighted by molar-refractivity contribution is -0.507. The standard InChI is InChI=1S/C20H21FNOS/c1-24-19-10-6-16(7-11-19)20(23)14-22-12-2-3-18(22)13-15-4-8-17(21)9-5-15/h4-11H,2-3,12-14H2,1H3/q+1. The van der Waals surface area contributed by atoms with Crippen LogP contribution in [0.3, 0.4) is 0 Å². The fourth-order valence-electron chi connectivity index (χ4n) is 3.06. The van der Waals surface area contributed by atoms with E-state index in [0.717, 1.165) is 41.8 Å². The number of rotatable bonds is 6. The highest BCUT2D eigenvalue weighted by atomic mass is 32.2. The van der Waals surface area contributed by atoms with Gasteiger partial charge in [0.1, 0.15) is 12.4 Å². The molecule has 1 aliphatic rings. The minimum absolute atomic E-state index is 0.154. The Balaban J connectivity index is 1.71. The topological polar surface area (TPSA) is 20.1 Å². The van der Waals surface area contributed by atoms with Crippen LogP contribution in [-0.2, 0) is 6.42 Å². The minimum atomic E-state index is -0.212. The number of benzene rings is 2. The van der Waals surface area contributed by atoms with E-state index in [-0.39, 0.29) is 11.6 Å². The molecule has 1 aliphatic heterocycles. The first-order chi connectivity index (χ1) is 11.7. The molecule has 0 unspecified atom stereocenters.